The Morgan fingerprint density at radius 2 is 1.69 bits per heavy atom. The van der Waals surface area contributed by atoms with Crippen LogP contribution < -0.4 is 16.6 Å². The highest BCUT2D eigenvalue weighted by Gasteiger charge is 2.25. The summed E-state index contributed by atoms with van der Waals surface area (Å²) in [6.07, 6.45) is 0.437. The highest BCUT2D eigenvalue weighted by molar-refractivity contribution is 14.1. The van der Waals surface area contributed by atoms with Crippen molar-refractivity contribution in [3.63, 3.8) is 0 Å². The minimum absolute atomic E-state index is 0.157. The van der Waals surface area contributed by atoms with Gasteiger partial charge in [0.2, 0.25) is 5.91 Å². The van der Waals surface area contributed by atoms with Crippen LogP contribution in [0.1, 0.15) is 11.1 Å². The largest absolute Gasteiger partial charge is 0.507 e. The number of nitrogens with two attached hydrogens (primary N) is 1. The van der Waals surface area contributed by atoms with Crippen molar-refractivity contribution >= 4 is 34.5 Å². The lowest BCUT2D eigenvalue weighted by Gasteiger charge is -2.20. The van der Waals surface area contributed by atoms with E-state index in [1.165, 1.54) is 6.07 Å². The first-order chi connectivity index (χ1) is 12.4. The van der Waals surface area contributed by atoms with Crippen molar-refractivity contribution < 1.29 is 19.8 Å². The molecule has 0 bridgehead atoms. The molecule has 2 rings (SSSR count). The minimum atomic E-state index is -1.11. The standard InChI is InChI=1S/C18H20IN3O4/c19-13-8-12(6-7-16(13)23)10-14(22-20)17(24)21-15(18(25)26)9-11-4-2-1-3-5-11/h1-8,14-15,22-23H,9-10,20H2,(H,21,24)(H,25,26)/t14-,15-/m1/s1. The van der Waals surface area contributed by atoms with Crippen LogP contribution in [0.5, 0.6) is 5.75 Å². The van der Waals surface area contributed by atoms with Crippen molar-refractivity contribution in [1.82, 2.24) is 10.7 Å². The molecule has 0 spiro atoms. The van der Waals surface area contributed by atoms with Gasteiger partial charge in [0, 0.05) is 6.42 Å². The summed E-state index contributed by atoms with van der Waals surface area (Å²) in [4.78, 5) is 24.0. The molecule has 0 aromatic heterocycles. The Hall–Kier alpha value is -2.17. The minimum Gasteiger partial charge on any atom is -0.507 e. The smallest absolute Gasteiger partial charge is 0.326 e. The fourth-order valence-electron chi connectivity index (χ4n) is 2.46. The monoisotopic (exact) mass is 469 g/mol. The lowest BCUT2D eigenvalue weighted by Crippen LogP contribution is -2.53. The van der Waals surface area contributed by atoms with Crippen LogP contribution >= 0.6 is 22.6 Å². The Morgan fingerprint density at radius 1 is 1.04 bits per heavy atom. The maximum Gasteiger partial charge on any atom is 0.326 e. The number of carboxylic acid groups (broad SMARTS) is 1. The van der Waals surface area contributed by atoms with Gasteiger partial charge >= 0.3 is 5.97 Å². The number of phenols is 1. The molecule has 0 aliphatic carbocycles. The summed E-state index contributed by atoms with van der Waals surface area (Å²) in [5.41, 5.74) is 4.03. The first kappa shape index (κ1) is 20.1. The third-order valence-electron chi connectivity index (χ3n) is 3.87. The number of aliphatic carboxylic acids is 1. The summed E-state index contributed by atoms with van der Waals surface area (Å²) >= 11 is 1.99. The van der Waals surface area contributed by atoms with Crippen LogP contribution in [0.3, 0.4) is 0 Å². The molecule has 26 heavy (non-hydrogen) atoms. The van der Waals surface area contributed by atoms with E-state index < -0.39 is 24.0 Å². The van der Waals surface area contributed by atoms with Crippen LogP contribution in [-0.4, -0.2) is 34.2 Å². The number of hydrazine groups is 1. The number of amides is 1. The molecule has 8 heteroatoms. The summed E-state index contributed by atoms with van der Waals surface area (Å²) in [6.45, 7) is 0. The number of benzene rings is 2. The van der Waals surface area contributed by atoms with Crippen LogP contribution in [0.25, 0.3) is 0 Å². The van der Waals surface area contributed by atoms with E-state index in [1.54, 1.807) is 24.3 Å². The zero-order chi connectivity index (χ0) is 19.1. The fourth-order valence-corrected chi connectivity index (χ4v) is 3.04. The molecule has 1 amide bonds. The number of carbonyl (C=O) groups is 2. The van der Waals surface area contributed by atoms with E-state index in [4.69, 9.17) is 5.84 Å². The topological polar surface area (TPSA) is 125 Å². The summed E-state index contributed by atoms with van der Waals surface area (Å²) in [7, 11) is 0. The fraction of sp³-hybridized carbons (Fsp3) is 0.222. The Kier molecular flexibility index (Phi) is 7.37. The van der Waals surface area contributed by atoms with Gasteiger partial charge in [-0.15, -0.1) is 0 Å². The first-order valence-corrected chi connectivity index (χ1v) is 8.99. The Bertz CT molecular complexity index is 770. The molecule has 0 unspecified atom stereocenters. The second-order valence-electron chi connectivity index (χ2n) is 5.80. The lowest BCUT2D eigenvalue weighted by molar-refractivity contribution is -0.142. The summed E-state index contributed by atoms with van der Waals surface area (Å²) in [5, 5.41) is 21.5. The molecule has 2 aromatic carbocycles. The van der Waals surface area contributed by atoms with E-state index in [0.29, 0.717) is 3.57 Å². The van der Waals surface area contributed by atoms with Crippen molar-refractivity contribution in [2.45, 2.75) is 24.9 Å². The summed E-state index contributed by atoms with van der Waals surface area (Å²) in [5.74, 6) is 4.03. The van der Waals surface area contributed by atoms with Crippen molar-refractivity contribution in [1.29, 1.82) is 0 Å². The van der Waals surface area contributed by atoms with Crippen molar-refractivity contribution in [2.24, 2.45) is 5.84 Å². The van der Waals surface area contributed by atoms with Crippen LogP contribution in [0.15, 0.2) is 48.5 Å². The molecule has 0 fully saturated rings. The highest BCUT2D eigenvalue weighted by atomic mass is 127. The Morgan fingerprint density at radius 3 is 2.27 bits per heavy atom. The lowest BCUT2D eigenvalue weighted by atomic mass is 10.0. The first-order valence-electron chi connectivity index (χ1n) is 7.91. The van der Waals surface area contributed by atoms with Crippen LogP contribution in [0, 0.1) is 3.57 Å². The van der Waals surface area contributed by atoms with Gasteiger partial charge in [-0.2, -0.15) is 0 Å². The molecule has 2 aromatic rings. The molecule has 0 aliphatic heterocycles. The molecule has 0 saturated heterocycles. The second-order valence-corrected chi connectivity index (χ2v) is 6.96. The molecule has 0 saturated carbocycles. The van der Waals surface area contributed by atoms with E-state index in [-0.39, 0.29) is 18.6 Å². The number of carboxylic acids is 1. The third kappa shape index (κ3) is 5.68. The number of rotatable bonds is 8. The van der Waals surface area contributed by atoms with E-state index in [0.717, 1.165) is 11.1 Å². The van der Waals surface area contributed by atoms with Gasteiger partial charge in [-0.05, 0) is 52.3 Å². The number of aromatic hydroxyl groups is 1. The molecule has 0 radical (unpaired) electrons. The van der Waals surface area contributed by atoms with Gasteiger partial charge in [0.25, 0.3) is 0 Å². The maximum absolute atomic E-state index is 12.5. The van der Waals surface area contributed by atoms with Gasteiger partial charge in [0.15, 0.2) is 0 Å². The summed E-state index contributed by atoms with van der Waals surface area (Å²) < 4.78 is 0.656. The van der Waals surface area contributed by atoms with Gasteiger partial charge < -0.3 is 15.5 Å². The number of carbonyl (C=O) groups excluding carboxylic acids is 1. The van der Waals surface area contributed by atoms with Crippen molar-refractivity contribution in [3.05, 3.63) is 63.2 Å². The number of halogens is 1. The van der Waals surface area contributed by atoms with Crippen molar-refractivity contribution in [3.8, 4) is 5.75 Å². The molecule has 138 valence electrons. The summed E-state index contributed by atoms with van der Waals surface area (Å²) in [6, 6.07) is 12.2. The molecular weight excluding hydrogens is 449 g/mol. The van der Waals surface area contributed by atoms with Gasteiger partial charge in [-0.1, -0.05) is 36.4 Å². The zero-order valence-electron chi connectivity index (χ0n) is 13.9. The predicted octanol–water partition coefficient (Wildman–Crippen LogP) is 1.18. The Balaban J connectivity index is 2.05. The Labute approximate surface area is 164 Å². The van der Waals surface area contributed by atoms with E-state index in [9.17, 15) is 19.8 Å². The third-order valence-corrected chi connectivity index (χ3v) is 4.73. The van der Waals surface area contributed by atoms with Gasteiger partial charge in [-0.3, -0.25) is 10.6 Å². The SMILES string of the molecule is NN[C@H](Cc1ccc(O)c(I)c1)C(=O)N[C@H](Cc1ccccc1)C(=O)O. The second kappa shape index (κ2) is 9.51. The molecule has 0 heterocycles. The zero-order valence-corrected chi connectivity index (χ0v) is 16.0. The number of hydrogen-bond donors (Lipinski definition) is 5. The van der Waals surface area contributed by atoms with E-state index in [2.05, 4.69) is 10.7 Å². The molecule has 2 atom stereocenters. The maximum atomic E-state index is 12.5. The number of hydrogen-bond acceptors (Lipinski definition) is 5. The molecule has 6 N–H and O–H groups in total. The number of phenolic OH excluding ortho intramolecular Hbond substituents is 1. The van der Waals surface area contributed by atoms with E-state index >= 15 is 0 Å². The normalized spacial score (nSPS) is 13.0. The van der Waals surface area contributed by atoms with Crippen LogP contribution in [0.2, 0.25) is 0 Å². The number of nitrogens with one attached hydrogen (secondary N) is 2. The van der Waals surface area contributed by atoms with Gasteiger partial charge in [0.05, 0.1) is 3.57 Å². The molecule has 0 aliphatic rings. The predicted molar refractivity (Wildman–Crippen MR) is 105 cm³/mol. The van der Waals surface area contributed by atoms with E-state index in [1.807, 2.05) is 40.8 Å². The quantitative estimate of drug-likeness (QED) is 0.225. The molecule has 7 nitrogen and oxygen atoms in total. The molecular formula is C18H20IN3O4. The average Bonchev–Trinajstić information content (AvgIpc) is 2.62. The average molecular weight is 469 g/mol. The van der Waals surface area contributed by atoms with Crippen LogP contribution in [0.4, 0.5) is 0 Å². The van der Waals surface area contributed by atoms with Gasteiger partial charge in [-0.25, -0.2) is 10.2 Å². The van der Waals surface area contributed by atoms with Gasteiger partial charge in [0.1, 0.15) is 17.8 Å². The highest BCUT2D eigenvalue weighted by Crippen LogP contribution is 2.21. The van der Waals surface area contributed by atoms with Crippen LogP contribution in [-0.2, 0) is 22.4 Å². The van der Waals surface area contributed by atoms with Crippen molar-refractivity contribution in [2.75, 3.05) is 0 Å².